The zero-order valence-corrected chi connectivity index (χ0v) is 18.1. The molecule has 146 valence electrons. The summed E-state index contributed by atoms with van der Waals surface area (Å²) in [5.41, 5.74) is 0. The summed E-state index contributed by atoms with van der Waals surface area (Å²) >= 11 is 0. The van der Waals surface area contributed by atoms with Crippen LogP contribution in [0.3, 0.4) is 0 Å². The van der Waals surface area contributed by atoms with Crippen molar-refractivity contribution in [2.75, 3.05) is 21.0 Å². The van der Waals surface area contributed by atoms with E-state index in [1.165, 1.54) is 13.2 Å². The number of hydrogen-bond donors (Lipinski definition) is 0. The fourth-order valence-corrected chi connectivity index (χ4v) is 3.40. The van der Waals surface area contributed by atoms with Crippen LogP contribution in [0.5, 0.6) is 0 Å². The maximum absolute atomic E-state index is 11.1. The average molecular weight is 373 g/mol. The third-order valence-corrected chi connectivity index (χ3v) is 9.03. The third kappa shape index (κ3) is 10.6. The quantitative estimate of drug-likeness (QED) is 0.176. The lowest BCUT2D eigenvalue weighted by Gasteiger charge is -2.38. The molecule has 0 aromatic rings. The zero-order chi connectivity index (χ0) is 19.5. The number of methoxy groups -OCH3 is 2. The van der Waals surface area contributed by atoms with Crippen molar-refractivity contribution in [3.05, 3.63) is 24.3 Å². The molecule has 0 bridgehead atoms. The van der Waals surface area contributed by atoms with Gasteiger partial charge < -0.3 is 18.6 Å². The molecule has 0 unspecified atom stereocenters. The Morgan fingerprint density at radius 3 is 2.28 bits per heavy atom. The first-order valence-electron chi connectivity index (χ1n) is 8.74. The van der Waals surface area contributed by atoms with E-state index in [9.17, 15) is 4.79 Å². The molecule has 0 aromatic heterocycles. The van der Waals surface area contributed by atoms with Crippen LogP contribution in [0.15, 0.2) is 24.3 Å². The van der Waals surface area contributed by atoms with E-state index >= 15 is 0 Å². The van der Waals surface area contributed by atoms with Crippen molar-refractivity contribution < 1.29 is 23.4 Å². The summed E-state index contributed by atoms with van der Waals surface area (Å²) in [7, 11) is 1.19. The Hall–Kier alpha value is -0.953. The Bertz CT molecular complexity index is 438. The van der Waals surface area contributed by atoms with E-state index in [0.29, 0.717) is 0 Å². The lowest BCUT2D eigenvalue weighted by Crippen LogP contribution is -2.43. The van der Waals surface area contributed by atoms with Crippen LogP contribution in [0.4, 0.5) is 0 Å². The van der Waals surface area contributed by atoms with Crippen molar-refractivity contribution in [2.45, 2.75) is 70.9 Å². The molecule has 0 saturated carbocycles. The highest BCUT2D eigenvalue weighted by Gasteiger charge is 2.38. The molecule has 6 heteroatoms. The van der Waals surface area contributed by atoms with E-state index in [4.69, 9.17) is 13.9 Å². The van der Waals surface area contributed by atoms with Crippen LogP contribution in [0.1, 0.15) is 40.5 Å². The van der Waals surface area contributed by atoms with Crippen molar-refractivity contribution in [3.8, 4) is 0 Å². The number of hydrogen-bond acceptors (Lipinski definition) is 5. The fourth-order valence-electron chi connectivity index (χ4n) is 1.92. The molecule has 0 aliphatic carbocycles. The van der Waals surface area contributed by atoms with Gasteiger partial charge in [0.2, 0.25) is 0 Å². The van der Waals surface area contributed by atoms with Gasteiger partial charge in [-0.25, -0.2) is 4.79 Å². The molecule has 0 aliphatic rings. The number of carbonyl (C=O) groups excluding carboxylic acids is 1. The standard InChI is InChI=1S/C19H36O5Si/c1-16(24-25(7,8)19(2,3)4)13-14-17(23-15-21-5)11-9-10-12-18(20)22-6/h9-12,16-17H,13-15H2,1-8H3/b11-9+,12-10-/t16-,17+/m1/s1. The molecule has 0 rings (SSSR count). The van der Waals surface area contributed by atoms with Gasteiger partial charge in [0.1, 0.15) is 6.79 Å². The van der Waals surface area contributed by atoms with Crippen molar-refractivity contribution in [1.82, 2.24) is 0 Å². The summed E-state index contributed by atoms with van der Waals surface area (Å²) in [6.45, 7) is 13.6. The zero-order valence-electron chi connectivity index (χ0n) is 17.1. The van der Waals surface area contributed by atoms with Crippen LogP contribution in [-0.4, -0.2) is 47.5 Å². The maximum atomic E-state index is 11.1. The minimum Gasteiger partial charge on any atom is -0.466 e. The average Bonchev–Trinajstić information content (AvgIpc) is 2.51. The lowest BCUT2D eigenvalue weighted by atomic mass is 10.1. The molecule has 0 N–H and O–H groups in total. The van der Waals surface area contributed by atoms with Crippen molar-refractivity contribution in [1.29, 1.82) is 0 Å². The van der Waals surface area contributed by atoms with Crippen molar-refractivity contribution >= 4 is 14.3 Å². The molecule has 0 spiro atoms. The van der Waals surface area contributed by atoms with Crippen LogP contribution in [0, 0.1) is 0 Å². The normalized spacial score (nSPS) is 15.7. The third-order valence-electron chi connectivity index (χ3n) is 4.43. The Labute approximate surface area is 154 Å². The number of ether oxygens (including phenoxy) is 3. The van der Waals surface area contributed by atoms with Gasteiger partial charge in [0.25, 0.3) is 0 Å². The second kappa shape index (κ2) is 11.6. The minimum absolute atomic E-state index is 0.0901. The highest BCUT2D eigenvalue weighted by Crippen LogP contribution is 2.37. The predicted molar refractivity (Wildman–Crippen MR) is 104 cm³/mol. The molecular weight excluding hydrogens is 336 g/mol. The Kier molecular flexibility index (Phi) is 11.2. The highest BCUT2D eigenvalue weighted by atomic mass is 28.4. The SMILES string of the molecule is COCO[C@@H](/C=C/C=C\C(=O)OC)CC[C@@H](C)O[Si](C)(C)C(C)(C)C. The van der Waals surface area contributed by atoms with Crippen LogP contribution in [-0.2, 0) is 23.4 Å². The van der Waals surface area contributed by atoms with Gasteiger partial charge in [0, 0.05) is 19.3 Å². The van der Waals surface area contributed by atoms with E-state index in [1.54, 1.807) is 19.3 Å². The number of carbonyl (C=O) groups is 1. The van der Waals surface area contributed by atoms with Gasteiger partial charge in [-0.05, 0) is 37.9 Å². The molecule has 0 heterocycles. The fraction of sp³-hybridized carbons (Fsp3) is 0.737. The molecule has 0 saturated heterocycles. The van der Waals surface area contributed by atoms with Crippen LogP contribution < -0.4 is 0 Å². The molecule has 0 radical (unpaired) electrons. The van der Waals surface area contributed by atoms with Crippen LogP contribution in [0.2, 0.25) is 18.1 Å². The van der Waals surface area contributed by atoms with Crippen LogP contribution >= 0.6 is 0 Å². The first-order chi connectivity index (χ1) is 11.5. The summed E-state index contributed by atoms with van der Waals surface area (Å²) in [5.74, 6) is -0.379. The predicted octanol–water partition coefficient (Wildman–Crippen LogP) is 4.45. The Morgan fingerprint density at radius 2 is 1.76 bits per heavy atom. The van der Waals surface area contributed by atoms with Crippen molar-refractivity contribution in [3.63, 3.8) is 0 Å². The first kappa shape index (κ1) is 24.0. The molecule has 0 fully saturated rings. The second-order valence-corrected chi connectivity index (χ2v) is 12.4. The van der Waals surface area contributed by atoms with Gasteiger partial charge in [0.15, 0.2) is 8.32 Å². The summed E-state index contributed by atoms with van der Waals surface area (Å²) in [4.78, 5) is 11.1. The van der Waals surface area contributed by atoms with Gasteiger partial charge in [-0.2, -0.15) is 0 Å². The Morgan fingerprint density at radius 1 is 1.12 bits per heavy atom. The van der Waals surface area contributed by atoms with E-state index in [-0.39, 0.29) is 30.0 Å². The maximum Gasteiger partial charge on any atom is 0.330 e. The summed E-state index contributed by atoms with van der Waals surface area (Å²) in [5, 5.41) is 0.200. The molecule has 0 amide bonds. The molecule has 2 atom stereocenters. The van der Waals surface area contributed by atoms with Gasteiger partial charge in [-0.1, -0.05) is 39.0 Å². The lowest BCUT2D eigenvalue weighted by molar-refractivity contribution is -0.134. The van der Waals surface area contributed by atoms with Crippen LogP contribution in [0.25, 0.3) is 0 Å². The molecular formula is C19H36O5Si. The van der Waals surface area contributed by atoms with Gasteiger partial charge in [0.05, 0.1) is 13.2 Å². The molecule has 0 aliphatic heterocycles. The summed E-state index contributed by atoms with van der Waals surface area (Å²) in [6.07, 6.45) is 8.51. The smallest absolute Gasteiger partial charge is 0.330 e. The van der Waals surface area contributed by atoms with Gasteiger partial charge >= 0.3 is 5.97 Å². The monoisotopic (exact) mass is 372 g/mol. The topological polar surface area (TPSA) is 54.0 Å². The van der Waals surface area contributed by atoms with E-state index < -0.39 is 8.32 Å². The molecule has 25 heavy (non-hydrogen) atoms. The van der Waals surface area contributed by atoms with E-state index in [0.717, 1.165) is 12.8 Å². The number of rotatable bonds is 11. The first-order valence-corrected chi connectivity index (χ1v) is 11.7. The summed E-state index contributed by atoms with van der Waals surface area (Å²) < 4.78 is 21.6. The highest BCUT2D eigenvalue weighted by molar-refractivity contribution is 6.74. The Balaban J connectivity index is 4.59. The minimum atomic E-state index is -1.76. The number of esters is 1. The molecule has 5 nitrogen and oxygen atoms in total. The second-order valence-electron chi connectivity index (χ2n) is 7.64. The van der Waals surface area contributed by atoms with E-state index in [2.05, 4.69) is 45.5 Å². The largest absolute Gasteiger partial charge is 0.466 e. The van der Waals surface area contributed by atoms with Gasteiger partial charge in [-0.3, -0.25) is 0 Å². The number of allylic oxidation sites excluding steroid dienone is 2. The van der Waals surface area contributed by atoms with Gasteiger partial charge in [-0.15, -0.1) is 0 Å². The summed E-state index contributed by atoms with van der Waals surface area (Å²) in [6, 6.07) is 0. The van der Waals surface area contributed by atoms with Crippen molar-refractivity contribution in [2.24, 2.45) is 0 Å². The molecule has 0 aromatic carbocycles. The van der Waals surface area contributed by atoms with E-state index in [1.807, 2.05) is 6.08 Å².